The van der Waals surface area contributed by atoms with Gasteiger partial charge in [-0.3, -0.25) is 14.6 Å². The summed E-state index contributed by atoms with van der Waals surface area (Å²) in [6.45, 7) is 4.04. The number of nitrogens with one attached hydrogen (secondary N) is 1. The number of unbranched alkanes of at least 4 members (excludes halogenated alkanes) is 1. The number of fused-ring (bicyclic) bond motifs is 1. The van der Waals surface area contributed by atoms with Crippen molar-refractivity contribution >= 4 is 23.2 Å². The molecule has 1 aromatic heterocycles. The number of benzodiazepines with no additional fused rings is 1. The number of pyridine rings is 1. The van der Waals surface area contributed by atoms with Gasteiger partial charge in [0, 0.05) is 18.8 Å². The van der Waals surface area contributed by atoms with E-state index in [2.05, 4.69) is 17.2 Å². The lowest BCUT2D eigenvalue weighted by Gasteiger charge is -2.25. The minimum atomic E-state index is -1.10. The van der Waals surface area contributed by atoms with Crippen molar-refractivity contribution in [2.24, 2.45) is 16.8 Å². The standard InChI is InChI=1S/C27H34N4O3/c1-4-5-10-23(32)20(16-18-11-12-18)26(33)30-25-27(34)31(3)22-9-7-6-8-19(22)24(29-25)21-15-17(2)13-14-28-21/h6-9,13-15,18,20,23,25,32H,4-5,10-12,16H2,1-3H3,(H,30,33). The lowest BCUT2D eigenvalue weighted by Crippen LogP contribution is -2.49. The van der Waals surface area contributed by atoms with Crippen molar-refractivity contribution < 1.29 is 14.7 Å². The molecule has 1 aliphatic carbocycles. The summed E-state index contributed by atoms with van der Waals surface area (Å²) < 4.78 is 0. The maximum atomic E-state index is 13.4. The number of benzene rings is 1. The summed E-state index contributed by atoms with van der Waals surface area (Å²) in [6.07, 6.45) is 5.11. The van der Waals surface area contributed by atoms with Crippen molar-refractivity contribution in [1.29, 1.82) is 0 Å². The number of aliphatic imine (C=N–C) groups is 1. The summed E-state index contributed by atoms with van der Waals surface area (Å²) in [6, 6.07) is 11.4. The number of amides is 2. The van der Waals surface area contributed by atoms with Crippen LogP contribution in [0.2, 0.25) is 0 Å². The molecule has 4 rings (SSSR count). The third-order valence-corrected chi connectivity index (χ3v) is 6.72. The summed E-state index contributed by atoms with van der Waals surface area (Å²) in [4.78, 5) is 37.6. The highest BCUT2D eigenvalue weighted by molar-refractivity contribution is 6.19. The zero-order valence-electron chi connectivity index (χ0n) is 20.2. The number of hydrogen-bond acceptors (Lipinski definition) is 5. The van der Waals surface area contributed by atoms with E-state index in [-0.39, 0.29) is 11.8 Å². The Labute approximate surface area is 201 Å². The Bertz CT molecular complexity index is 1080. The van der Waals surface area contributed by atoms with Crippen molar-refractivity contribution in [2.75, 3.05) is 11.9 Å². The van der Waals surface area contributed by atoms with Crippen LogP contribution in [0.1, 0.15) is 62.3 Å². The van der Waals surface area contributed by atoms with Gasteiger partial charge in [-0.2, -0.15) is 0 Å². The van der Waals surface area contributed by atoms with Crippen LogP contribution in [-0.2, 0) is 9.59 Å². The number of nitrogens with zero attached hydrogens (tertiary/aromatic N) is 3. The number of aliphatic hydroxyl groups excluding tert-OH is 1. The summed E-state index contributed by atoms with van der Waals surface area (Å²) in [5.41, 5.74) is 3.73. The van der Waals surface area contributed by atoms with Gasteiger partial charge in [-0.1, -0.05) is 50.8 Å². The summed E-state index contributed by atoms with van der Waals surface area (Å²) in [5.74, 6) is -0.706. The Morgan fingerprint density at radius 3 is 2.74 bits per heavy atom. The monoisotopic (exact) mass is 462 g/mol. The van der Waals surface area contributed by atoms with Gasteiger partial charge < -0.3 is 15.3 Å². The summed E-state index contributed by atoms with van der Waals surface area (Å²) in [5, 5.41) is 13.7. The van der Waals surface area contributed by atoms with Gasteiger partial charge in [0.1, 0.15) is 0 Å². The molecule has 1 saturated carbocycles. The van der Waals surface area contributed by atoms with Crippen molar-refractivity contribution in [1.82, 2.24) is 10.3 Å². The van der Waals surface area contributed by atoms with Crippen LogP contribution in [0.3, 0.4) is 0 Å². The van der Waals surface area contributed by atoms with Gasteiger partial charge in [-0.15, -0.1) is 0 Å². The fourth-order valence-electron chi connectivity index (χ4n) is 4.49. The number of likely N-dealkylation sites (N-methyl/N-ethyl adjacent to an activating group) is 1. The first-order valence-corrected chi connectivity index (χ1v) is 12.2. The summed E-state index contributed by atoms with van der Waals surface area (Å²) in [7, 11) is 1.69. The number of aliphatic hydroxyl groups is 1. The van der Waals surface area contributed by atoms with Gasteiger partial charge in [0.15, 0.2) is 0 Å². The quantitative estimate of drug-likeness (QED) is 0.595. The first-order valence-electron chi connectivity index (χ1n) is 12.2. The largest absolute Gasteiger partial charge is 0.392 e. The number of carbonyl (C=O) groups excluding carboxylic acids is 2. The van der Waals surface area contributed by atoms with Crippen LogP contribution in [0, 0.1) is 18.8 Å². The van der Waals surface area contributed by atoms with Crippen LogP contribution >= 0.6 is 0 Å². The van der Waals surface area contributed by atoms with Crippen LogP contribution in [0.4, 0.5) is 5.69 Å². The average Bonchev–Trinajstić information content (AvgIpc) is 3.67. The second kappa shape index (κ2) is 10.5. The molecule has 7 nitrogen and oxygen atoms in total. The minimum absolute atomic E-state index is 0.312. The molecule has 180 valence electrons. The van der Waals surface area contributed by atoms with Gasteiger partial charge in [-0.25, -0.2) is 4.99 Å². The number of aromatic nitrogens is 1. The van der Waals surface area contributed by atoms with E-state index in [1.54, 1.807) is 13.2 Å². The minimum Gasteiger partial charge on any atom is -0.392 e. The lowest BCUT2D eigenvalue weighted by molar-refractivity contribution is -0.133. The Balaban J connectivity index is 1.67. The van der Waals surface area contributed by atoms with Crippen LogP contribution in [0.5, 0.6) is 0 Å². The Morgan fingerprint density at radius 1 is 1.26 bits per heavy atom. The highest BCUT2D eigenvalue weighted by Crippen LogP contribution is 2.37. The smallest absolute Gasteiger partial charge is 0.272 e. The lowest BCUT2D eigenvalue weighted by atomic mass is 9.91. The van der Waals surface area contributed by atoms with E-state index in [4.69, 9.17) is 4.99 Å². The van der Waals surface area contributed by atoms with Gasteiger partial charge >= 0.3 is 0 Å². The molecule has 2 aliphatic rings. The van der Waals surface area contributed by atoms with E-state index in [0.717, 1.165) is 36.8 Å². The molecule has 3 atom stereocenters. The molecule has 2 N–H and O–H groups in total. The second-order valence-electron chi connectivity index (χ2n) is 9.52. The van der Waals surface area contributed by atoms with E-state index < -0.39 is 18.2 Å². The molecule has 0 spiro atoms. The fourth-order valence-corrected chi connectivity index (χ4v) is 4.49. The number of rotatable bonds is 9. The molecular formula is C27H34N4O3. The molecule has 3 unspecified atom stereocenters. The Hall–Kier alpha value is -3.06. The highest BCUT2D eigenvalue weighted by atomic mass is 16.3. The van der Waals surface area contributed by atoms with E-state index >= 15 is 0 Å². The average molecular weight is 463 g/mol. The van der Waals surface area contributed by atoms with Crippen LogP contribution in [0.25, 0.3) is 0 Å². The van der Waals surface area contributed by atoms with Crippen LogP contribution in [-0.4, -0.2) is 46.9 Å². The predicted octanol–water partition coefficient (Wildman–Crippen LogP) is 3.61. The fraction of sp³-hybridized carbons (Fsp3) is 0.481. The number of hydrogen-bond donors (Lipinski definition) is 2. The van der Waals surface area contributed by atoms with Gasteiger partial charge in [0.05, 0.1) is 29.1 Å². The van der Waals surface area contributed by atoms with Crippen molar-refractivity contribution in [3.63, 3.8) is 0 Å². The SMILES string of the molecule is CCCCC(O)C(CC1CC1)C(=O)NC1N=C(c2cc(C)ccn2)c2ccccc2N(C)C1=O. The highest BCUT2D eigenvalue weighted by Gasteiger charge is 2.37. The zero-order chi connectivity index (χ0) is 24.2. The third kappa shape index (κ3) is 5.36. The van der Waals surface area contributed by atoms with Crippen molar-refractivity contribution in [3.05, 3.63) is 59.4 Å². The Kier molecular flexibility index (Phi) is 7.41. The number of anilines is 1. The third-order valence-electron chi connectivity index (χ3n) is 6.72. The maximum absolute atomic E-state index is 13.4. The number of carbonyl (C=O) groups is 2. The predicted molar refractivity (Wildman–Crippen MR) is 133 cm³/mol. The molecule has 1 fully saturated rings. The molecule has 1 aliphatic heterocycles. The summed E-state index contributed by atoms with van der Waals surface area (Å²) >= 11 is 0. The molecule has 2 aromatic rings. The molecule has 2 amide bonds. The van der Waals surface area contributed by atoms with Gasteiger partial charge in [0.25, 0.3) is 5.91 Å². The molecule has 0 radical (unpaired) electrons. The molecular weight excluding hydrogens is 428 g/mol. The van der Waals surface area contributed by atoms with Crippen molar-refractivity contribution in [2.45, 2.75) is 64.6 Å². The second-order valence-corrected chi connectivity index (χ2v) is 9.52. The number of para-hydroxylation sites is 1. The molecule has 0 saturated heterocycles. The van der Waals surface area contributed by atoms with E-state index in [0.29, 0.717) is 35.9 Å². The van der Waals surface area contributed by atoms with E-state index in [1.165, 1.54) is 4.90 Å². The molecule has 0 bridgehead atoms. The van der Waals surface area contributed by atoms with Crippen LogP contribution in [0.15, 0.2) is 47.6 Å². The molecule has 2 heterocycles. The van der Waals surface area contributed by atoms with E-state index in [9.17, 15) is 14.7 Å². The van der Waals surface area contributed by atoms with Gasteiger partial charge in [0.2, 0.25) is 12.1 Å². The van der Waals surface area contributed by atoms with E-state index in [1.807, 2.05) is 43.3 Å². The van der Waals surface area contributed by atoms with Crippen LogP contribution < -0.4 is 10.2 Å². The maximum Gasteiger partial charge on any atom is 0.272 e. The molecule has 1 aromatic carbocycles. The van der Waals surface area contributed by atoms with Gasteiger partial charge in [-0.05, 0) is 49.4 Å². The first-order chi connectivity index (χ1) is 16.4. The number of aryl methyl sites for hydroxylation is 1. The molecule has 34 heavy (non-hydrogen) atoms. The topological polar surface area (TPSA) is 94.9 Å². The first kappa shape index (κ1) is 24.1. The Morgan fingerprint density at radius 2 is 2.03 bits per heavy atom. The van der Waals surface area contributed by atoms with Crippen molar-refractivity contribution in [3.8, 4) is 0 Å². The normalized spacial score (nSPS) is 19.6. The zero-order valence-corrected chi connectivity index (χ0v) is 20.2. The molecule has 7 heteroatoms.